The second kappa shape index (κ2) is 6.40. The Labute approximate surface area is 89.9 Å². The molecule has 1 aromatic carbocycles. The van der Waals surface area contributed by atoms with Crippen LogP contribution in [0.5, 0.6) is 0 Å². The summed E-state index contributed by atoms with van der Waals surface area (Å²) in [5, 5.41) is 0. The average molecular weight is 215 g/mol. The molecule has 78 valence electrons. The van der Waals surface area contributed by atoms with Gasteiger partial charge in [0, 0.05) is 12.0 Å². The molecule has 0 aliphatic heterocycles. The smallest absolute Gasteiger partial charge is 0.248 e. The Morgan fingerprint density at radius 2 is 1.86 bits per heavy atom. The van der Waals surface area contributed by atoms with E-state index < -0.39 is 0 Å². The van der Waals surface area contributed by atoms with Gasteiger partial charge in [0.25, 0.3) is 0 Å². The van der Waals surface area contributed by atoms with Crippen LogP contribution in [0.15, 0.2) is 24.3 Å². The van der Waals surface area contributed by atoms with Crippen LogP contribution < -0.4 is 23.9 Å². The van der Waals surface area contributed by atoms with Gasteiger partial charge in [-0.2, -0.15) is 0 Å². The van der Waals surface area contributed by atoms with Crippen molar-refractivity contribution in [3.8, 4) is 0 Å². The van der Waals surface area contributed by atoms with Crippen LogP contribution in [0.2, 0.25) is 0 Å². The number of hydrogen-bond acceptors (Lipinski definition) is 1. The van der Waals surface area contributed by atoms with Crippen molar-refractivity contribution in [3.63, 3.8) is 0 Å². The van der Waals surface area contributed by atoms with Crippen molar-refractivity contribution in [1.29, 1.82) is 0 Å². The summed E-state index contributed by atoms with van der Waals surface area (Å²) in [7, 11) is 0. The average Bonchev–Trinajstić information content (AvgIpc) is 2.15. The van der Waals surface area contributed by atoms with E-state index in [1.807, 2.05) is 12.1 Å². The molecule has 14 heavy (non-hydrogen) atoms. The molecule has 0 unspecified atom stereocenters. The van der Waals surface area contributed by atoms with Crippen LogP contribution in [0.1, 0.15) is 22.3 Å². The van der Waals surface area contributed by atoms with Gasteiger partial charge in [-0.15, -0.1) is 0 Å². The predicted molar refractivity (Wildman–Crippen MR) is 51.0 cm³/mol. The third kappa shape index (κ3) is 3.77. The fraction of sp³-hybridized carbons (Fsp3) is 0.300. The van der Waals surface area contributed by atoms with Gasteiger partial charge in [0.15, 0.2) is 0 Å². The molecule has 0 atom stereocenters. The highest BCUT2D eigenvalue weighted by atomic mass is 35.5. The maximum Gasteiger partial charge on any atom is 0.248 e. The van der Waals surface area contributed by atoms with Crippen molar-refractivity contribution in [2.45, 2.75) is 12.8 Å². The van der Waals surface area contributed by atoms with Gasteiger partial charge in [-0.1, -0.05) is 12.1 Å². The van der Waals surface area contributed by atoms with E-state index in [-0.39, 0.29) is 18.3 Å². The van der Waals surface area contributed by atoms with E-state index in [0.29, 0.717) is 5.56 Å². The molecule has 0 aromatic heterocycles. The van der Waals surface area contributed by atoms with Gasteiger partial charge in [-0.25, -0.2) is 0 Å². The lowest BCUT2D eigenvalue weighted by Gasteiger charge is -1.99. The normalized spacial score (nSPS) is 9.21. The maximum absolute atomic E-state index is 10.7. The van der Waals surface area contributed by atoms with Crippen molar-refractivity contribution >= 4 is 5.91 Å². The second-order valence-electron chi connectivity index (χ2n) is 3.02. The zero-order chi connectivity index (χ0) is 9.68. The maximum atomic E-state index is 10.7. The molecule has 5 N–H and O–H groups in total. The molecule has 0 radical (unpaired) electrons. The van der Waals surface area contributed by atoms with E-state index in [9.17, 15) is 4.79 Å². The lowest BCUT2D eigenvalue weighted by Crippen LogP contribution is -3.00. The van der Waals surface area contributed by atoms with E-state index >= 15 is 0 Å². The highest BCUT2D eigenvalue weighted by molar-refractivity contribution is 5.92. The molecular formula is C10H15ClN2O. The second-order valence-corrected chi connectivity index (χ2v) is 3.02. The molecule has 0 heterocycles. The third-order valence-corrected chi connectivity index (χ3v) is 1.95. The molecule has 0 aliphatic rings. The zero-order valence-electron chi connectivity index (χ0n) is 8.00. The van der Waals surface area contributed by atoms with Crippen LogP contribution in [-0.2, 0) is 6.42 Å². The number of aryl methyl sites for hydroxylation is 1. The first kappa shape index (κ1) is 12.9. The Morgan fingerprint density at radius 3 is 2.29 bits per heavy atom. The number of primary amides is 1. The quantitative estimate of drug-likeness (QED) is 0.550. The van der Waals surface area contributed by atoms with Crippen LogP contribution >= 0.6 is 0 Å². The Morgan fingerprint density at radius 1 is 1.29 bits per heavy atom. The Bertz CT molecular complexity index is 285. The summed E-state index contributed by atoms with van der Waals surface area (Å²) in [5.74, 6) is -0.372. The standard InChI is InChI=1S/C10H14N2O.ClH/c11-7-1-2-8-3-5-9(6-4-8)10(12)13;/h3-6H,1-2,7,11H2,(H2,12,13);1H. The third-order valence-electron chi connectivity index (χ3n) is 1.95. The summed E-state index contributed by atoms with van der Waals surface area (Å²) >= 11 is 0. The molecule has 4 heteroatoms. The number of carbonyl (C=O) groups is 1. The number of quaternary nitrogens is 1. The minimum absolute atomic E-state index is 0. The summed E-state index contributed by atoms with van der Waals surface area (Å²) in [6, 6.07) is 7.41. The number of halogens is 1. The Balaban J connectivity index is 0.00000169. The molecule has 1 amide bonds. The Hall–Kier alpha value is -1.06. The molecule has 0 saturated heterocycles. The monoisotopic (exact) mass is 214 g/mol. The van der Waals surface area contributed by atoms with Crippen LogP contribution in [0.3, 0.4) is 0 Å². The minimum atomic E-state index is -0.372. The lowest BCUT2D eigenvalue weighted by molar-refractivity contribution is -0.368. The molecule has 0 fully saturated rings. The largest absolute Gasteiger partial charge is 1.00 e. The number of hydrogen-bond donors (Lipinski definition) is 2. The highest BCUT2D eigenvalue weighted by Gasteiger charge is 1.99. The van der Waals surface area contributed by atoms with E-state index in [0.717, 1.165) is 19.4 Å². The van der Waals surface area contributed by atoms with Gasteiger partial charge >= 0.3 is 0 Å². The Kier molecular flexibility index (Phi) is 5.92. The van der Waals surface area contributed by atoms with Gasteiger partial charge < -0.3 is 23.9 Å². The van der Waals surface area contributed by atoms with Gasteiger partial charge in [-0.05, 0) is 24.1 Å². The summed E-state index contributed by atoms with van der Waals surface area (Å²) in [6.45, 7) is 0.942. The van der Waals surface area contributed by atoms with E-state index in [1.54, 1.807) is 12.1 Å². The SMILES string of the molecule is NC(=O)c1ccc(CCC[NH3+])cc1.[Cl-]. The molecule has 0 aliphatic carbocycles. The first-order valence-electron chi connectivity index (χ1n) is 4.42. The summed E-state index contributed by atoms with van der Waals surface area (Å²) in [4.78, 5) is 10.7. The molecule has 0 bridgehead atoms. The zero-order valence-corrected chi connectivity index (χ0v) is 8.76. The van der Waals surface area contributed by atoms with Gasteiger partial charge in [-0.3, -0.25) is 4.79 Å². The first-order chi connectivity index (χ1) is 6.24. The molecule has 1 aromatic rings. The molecular weight excluding hydrogens is 200 g/mol. The van der Waals surface area contributed by atoms with Gasteiger partial charge in [0.2, 0.25) is 5.91 Å². The number of amides is 1. The van der Waals surface area contributed by atoms with Crippen molar-refractivity contribution in [3.05, 3.63) is 35.4 Å². The summed E-state index contributed by atoms with van der Waals surface area (Å²) in [6.07, 6.45) is 2.10. The highest BCUT2D eigenvalue weighted by Crippen LogP contribution is 2.05. The number of rotatable bonds is 4. The topological polar surface area (TPSA) is 70.7 Å². The van der Waals surface area contributed by atoms with E-state index in [1.165, 1.54) is 5.56 Å². The fourth-order valence-corrected chi connectivity index (χ4v) is 1.16. The number of benzene rings is 1. The predicted octanol–water partition coefficient (Wildman–Crippen LogP) is -3.04. The minimum Gasteiger partial charge on any atom is -1.00 e. The summed E-state index contributed by atoms with van der Waals surface area (Å²) in [5.41, 5.74) is 10.7. The first-order valence-corrected chi connectivity index (χ1v) is 4.42. The molecule has 3 nitrogen and oxygen atoms in total. The van der Waals surface area contributed by atoms with Crippen LogP contribution in [0, 0.1) is 0 Å². The summed E-state index contributed by atoms with van der Waals surface area (Å²) < 4.78 is 0. The van der Waals surface area contributed by atoms with E-state index in [2.05, 4.69) is 5.73 Å². The fourth-order valence-electron chi connectivity index (χ4n) is 1.16. The van der Waals surface area contributed by atoms with Gasteiger partial charge in [0.1, 0.15) is 0 Å². The van der Waals surface area contributed by atoms with Crippen LogP contribution in [-0.4, -0.2) is 12.5 Å². The number of carbonyl (C=O) groups excluding carboxylic acids is 1. The van der Waals surface area contributed by atoms with Crippen molar-refractivity contribution in [2.75, 3.05) is 6.54 Å². The molecule has 0 spiro atoms. The van der Waals surface area contributed by atoms with E-state index in [4.69, 9.17) is 5.73 Å². The van der Waals surface area contributed by atoms with Crippen molar-refractivity contribution in [1.82, 2.24) is 0 Å². The van der Waals surface area contributed by atoms with Crippen molar-refractivity contribution < 1.29 is 22.9 Å². The van der Waals surface area contributed by atoms with Crippen molar-refractivity contribution in [2.24, 2.45) is 5.73 Å². The van der Waals surface area contributed by atoms with Crippen LogP contribution in [0.25, 0.3) is 0 Å². The molecule has 1 rings (SSSR count). The lowest BCUT2D eigenvalue weighted by atomic mass is 10.1. The van der Waals surface area contributed by atoms with Crippen LogP contribution in [0.4, 0.5) is 0 Å². The number of nitrogens with two attached hydrogens (primary N) is 1. The molecule has 0 saturated carbocycles. The van der Waals surface area contributed by atoms with Gasteiger partial charge in [0.05, 0.1) is 6.54 Å².